The number of aryl methyl sites for hydroxylation is 1. The van der Waals surface area contributed by atoms with E-state index in [9.17, 15) is 5.11 Å². The molecule has 0 spiro atoms. The lowest BCUT2D eigenvalue weighted by molar-refractivity contribution is 0.160. The van der Waals surface area contributed by atoms with Gasteiger partial charge in [0, 0.05) is 32.2 Å². The van der Waals surface area contributed by atoms with Crippen molar-refractivity contribution < 1.29 is 5.11 Å². The Bertz CT molecular complexity index is 707. The summed E-state index contributed by atoms with van der Waals surface area (Å²) in [6.07, 6.45) is 5.58. The minimum absolute atomic E-state index is 0.233. The van der Waals surface area contributed by atoms with Crippen molar-refractivity contribution in [3.05, 3.63) is 47.0 Å². The molecule has 1 aromatic carbocycles. The van der Waals surface area contributed by atoms with Gasteiger partial charge in [0.15, 0.2) is 0 Å². The summed E-state index contributed by atoms with van der Waals surface area (Å²) in [5, 5.41) is 18.2. The van der Waals surface area contributed by atoms with E-state index in [1.54, 1.807) is 0 Å². The van der Waals surface area contributed by atoms with Crippen LogP contribution in [-0.4, -0.2) is 37.9 Å². The molecule has 1 aromatic heterocycles. The summed E-state index contributed by atoms with van der Waals surface area (Å²) in [5.74, 6) is 2.80. The van der Waals surface area contributed by atoms with E-state index < -0.39 is 0 Å². The lowest BCUT2D eigenvalue weighted by Crippen LogP contribution is -2.30. The zero-order valence-electron chi connectivity index (χ0n) is 14.4. The molecule has 1 heterocycles. The third-order valence-corrected chi connectivity index (χ3v) is 5.43. The second-order valence-corrected chi connectivity index (χ2v) is 7.11. The maximum Gasteiger partial charge on any atom is 0.146 e. The Balaban J connectivity index is 1.56. The van der Waals surface area contributed by atoms with Crippen molar-refractivity contribution in [3.63, 3.8) is 0 Å². The summed E-state index contributed by atoms with van der Waals surface area (Å²) in [6.45, 7) is 1.92. The van der Waals surface area contributed by atoms with Gasteiger partial charge in [-0.3, -0.25) is 4.90 Å². The van der Waals surface area contributed by atoms with E-state index in [2.05, 4.69) is 51.0 Å². The number of rotatable bonds is 7. The van der Waals surface area contributed by atoms with E-state index in [0.29, 0.717) is 12.0 Å². The minimum Gasteiger partial charge on any atom is -0.396 e. The molecule has 2 aliphatic rings. The maximum atomic E-state index is 9.30. The van der Waals surface area contributed by atoms with E-state index in [-0.39, 0.29) is 6.61 Å². The van der Waals surface area contributed by atoms with Gasteiger partial charge in [-0.05, 0) is 43.2 Å². The number of nitrogens with zero attached hydrogens (tertiary/aromatic N) is 4. The summed E-state index contributed by atoms with van der Waals surface area (Å²) in [6, 6.07) is 9.19. The minimum atomic E-state index is 0.233. The van der Waals surface area contributed by atoms with Gasteiger partial charge in [-0.25, -0.2) is 0 Å². The first kappa shape index (κ1) is 15.8. The Morgan fingerprint density at radius 2 is 2.04 bits per heavy atom. The molecular formula is C19H26N4O. The van der Waals surface area contributed by atoms with Crippen LogP contribution in [0.2, 0.25) is 0 Å². The molecule has 0 amide bonds. The van der Waals surface area contributed by atoms with Crippen LogP contribution in [0.25, 0.3) is 0 Å². The van der Waals surface area contributed by atoms with Crippen molar-refractivity contribution >= 4 is 0 Å². The average Bonchev–Trinajstić information content (AvgIpc) is 3.25. The molecule has 5 nitrogen and oxygen atoms in total. The first-order valence-corrected chi connectivity index (χ1v) is 9.09. The summed E-state index contributed by atoms with van der Waals surface area (Å²) < 4.78 is 2.18. The van der Waals surface area contributed by atoms with Crippen molar-refractivity contribution in [1.82, 2.24) is 19.7 Å². The first-order chi connectivity index (χ1) is 11.8. The highest BCUT2D eigenvalue weighted by Gasteiger charge is 2.31. The molecule has 128 valence electrons. The Morgan fingerprint density at radius 3 is 2.83 bits per heavy atom. The normalized spacial score (nSPS) is 19.9. The number of aromatic nitrogens is 3. The molecule has 5 heteroatoms. The molecule has 1 atom stereocenters. The van der Waals surface area contributed by atoms with E-state index in [1.165, 1.54) is 24.0 Å². The maximum absolute atomic E-state index is 9.30. The zero-order chi connectivity index (χ0) is 16.5. The summed E-state index contributed by atoms with van der Waals surface area (Å²) in [5.41, 5.74) is 2.91. The predicted molar refractivity (Wildman–Crippen MR) is 92.6 cm³/mol. The molecule has 1 N–H and O–H groups in total. The smallest absolute Gasteiger partial charge is 0.146 e. The van der Waals surface area contributed by atoms with Gasteiger partial charge < -0.3 is 9.67 Å². The fourth-order valence-corrected chi connectivity index (χ4v) is 3.92. The number of aliphatic hydroxyl groups excluding tert-OH is 1. The number of benzene rings is 1. The average molecular weight is 326 g/mol. The van der Waals surface area contributed by atoms with Crippen molar-refractivity contribution in [3.8, 4) is 0 Å². The third kappa shape index (κ3) is 2.98. The second-order valence-electron chi connectivity index (χ2n) is 7.11. The van der Waals surface area contributed by atoms with Gasteiger partial charge in [-0.15, -0.1) is 10.2 Å². The topological polar surface area (TPSA) is 54.2 Å². The van der Waals surface area contributed by atoms with Gasteiger partial charge in [0.1, 0.15) is 11.6 Å². The van der Waals surface area contributed by atoms with Crippen LogP contribution in [0.1, 0.15) is 60.4 Å². The molecule has 0 saturated heterocycles. The molecule has 0 bridgehead atoms. The van der Waals surface area contributed by atoms with Crippen LogP contribution in [0, 0.1) is 0 Å². The number of hydrogen-bond donors (Lipinski definition) is 1. The molecule has 4 rings (SSSR count). The van der Waals surface area contributed by atoms with E-state index in [0.717, 1.165) is 44.0 Å². The highest BCUT2D eigenvalue weighted by atomic mass is 16.3. The molecule has 24 heavy (non-hydrogen) atoms. The standard InChI is InChI=1S/C19H26N4O/c1-22-18(20-21-19(22)15-7-8-15)13-23(11-4-12-24)17-10-9-14-5-2-3-6-16(14)17/h2-3,5-6,15,17,24H,4,7-13H2,1H3/t17-/m1/s1. The summed E-state index contributed by atoms with van der Waals surface area (Å²) in [4.78, 5) is 2.47. The largest absolute Gasteiger partial charge is 0.396 e. The molecule has 1 fully saturated rings. The molecule has 0 unspecified atom stereocenters. The van der Waals surface area contributed by atoms with Crippen molar-refractivity contribution in [2.24, 2.45) is 7.05 Å². The second kappa shape index (κ2) is 6.65. The molecule has 0 aliphatic heterocycles. The Kier molecular flexibility index (Phi) is 4.37. The number of hydrogen-bond acceptors (Lipinski definition) is 4. The fraction of sp³-hybridized carbons (Fsp3) is 0.579. The van der Waals surface area contributed by atoms with Crippen molar-refractivity contribution in [2.45, 2.75) is 50.6 Å². The Labute approximate surface area is 143 Å². The fourth-order valence-electron chi connectivity index (χ4n) is 3.92. The zero-order valence-corrected chi connectivity index (χ0v) is 14.4. The monoisotopic (exact) mass is 326 g/mol. The molecule has 2 aliphatic carbocycles. The molecule has 0 radical (unpaired) electrons. The van der Waals surface area contributed by atoms with Gasteiger partial charge >= 0.3 is 0 Å². The number of fused-ring (bicyclic) bond motifs is 1. The number of aliphatic hydroxyl groups is 1. The van der Waals surface area contributed by atoms with Crippen molar-refractivity contribution in [1.29, 1.82) is 0 Å². The van der Waals surface area contributed by atoms with Crippen LogP contribution in [0.15, 0.2) is 24.3 Å². The van der Waals surface area contributed by atoms with Crippen LogP contribution in [0.4, 0.5) is 0 Å². The van der Waals surface area contributed by atoms with Crippen LogP contribution < -0.4 is 0 Å². The summed E-state index contributed by atoms with van der Waals surface area (Å²) in [7, 11) is 2.09. The van der Waals surface area contributed by atoms with Gasteiger partial charge in [0.25, 0.3) is 0 Å². The van der Waals surface area contributed by atoms with Gasteiger partial charge in [-0.2, -0.15) is 0 Å². The van der Waals surface area contributed by atoms with Crippen LogP contribution >= 0.6 is 0 Å². The Morgan fingerprint density at radius 1 is 1.21 bits per heavy atom. The van der Waals surface area contributed by atoms with Gasteiger partial charge in [0.05, 0.1) is 6.54 Å². The van der Waals surface area contributed by atoms with E-state index in [1.807, 2.05) is 0 Å². The van der Waals surface area contributed by atoms with E-state index >= 15 is 0 Å². The van der Waals surface area contributed by atoms with Crippen LogP contribution in [0.3, 0.4) is 0 Å². The van der Waals surface area contributed by atoms with Crippen LogP contribution in [0.5, 0.6) is 0 Å². The van der Waals surface area contributed by atoms with Crippen molar-refractivity contribution in [2.75, 3.05) is 13.2 Å². The predicted octanol–water partition coefficient (Wildman–Crippen LogP) is 2.56. The van der Waals surface area contributed by atoms with Gasteiger partial charge in [-0.1, -0.05) is 24.3 Å². The summed E-state index contributed by atoms with van der Waals surface area (Å²) >= 11 is 0. The highest BCUT2D eigenvalue weighted by molar-refractivity contribution is 5.34. The lowest BCUT2D eigenvalue weighted by atomic mass is 10.1. The molecular weight excluding hydrogens is 300 g/mol. The first-order valence-electron chi connectivity index (χ1n) is 9.09. The molecule has 1 saturated carbocycles. The SMILES string of the molecule is Cn1c(CN(CCCO)[C@@H]2CCc3ccccc32)nnc1C1CC1. The van der Waals surface area contributed by atoms with Crippen LogP contribution in [-0.2, 0) is 20.0 Å². The van der Waals surface area contributed by atoms with Gasteiger partial charge in [0.2, 0.25) is 0 Å². The lowest BCUT2D eigenvalue weighted by Gasteiger charge is -2.29. The quantitative estimate of drug-likeness (QED) is 0.850. The molecule has 2 aromatic rings. The third-order valence-electron chi connectivity index (χ3n) is 5.43. The van der Waals surface area contributed by atoms with E-state index in [4.69, 9.17) is 0 Å². The highest BCUT2D eigenvalue weighted by Crippen LogP contribution is 2.39. The Hall–Kier alpha value is -1.72.